The first-order chi connectivity index (χ1) is 8.54. The van der Waals surface area contributed by atoms with Crippen molar-refractivity contribution in [2.45, 2.75) is 13.5 Å². The molecule has 1 aromatic heterocycles. The minimum Gasteiger partial charge on any atom is -0.485 e. The molecular formula is C11H12ClN5O. The zero-order valence-corrected chi connectivity index (χ0v) is 10.5. The number of nitrogen functional groups attached to an aromatic ring is 2. The first-order valence-corrected chi connectivity index (χ1v) is 5.57. The standard InChI is InChI=1S/C11H12ClN5O/c1-6-4-7(12)2-3-8(6)18-5-9-15-10(13)17-11(14)16-9/h2-4H,5H2,1H3,(H4,13,14,15,16,17). The highest BCUT2D eigenvalue weighted by atomic mass is 35.5. The second-order valence-corrected chi connectivity index (χ2v) is 4.10. The molecule has 0 saturated heterocycles. The van der Waals surface area contributed by atoms with E-state index >= 15 is 0 Å². The summed E-state index contributed by atoms with van der Waals surface area (Å²) in [7, 11) is 0. The van der Waals surface area contributed by atoms with Gasteiger partial charge in [0.2, 0.25) is 11.9 Å². The van der Waals surface area contributed by atoms with Gasteiger partial charge in [-0.3, -0.25) is 0 Å². The molecule has 2 aromatic rings. The number of benzene rings is 1. The monoisotopic (exact) mass is 265 g/mol. The molecule has 0 aliphatic carbocycles. The Kier molecular flexibility index (Phi) is 3.47. The highest BCUT2D eigenvalue weighted by Crippen LogP contribution is 2.22. The number of aryl methyl sites for hydroxylation is 1. The molecule has 0 unspecified atom stereocenters. The van der Waals surface area contributed by atoms with Crippen molar-refractivity contribution < 1.29 is 4.74 Å². The van der Waals surface area contributed by atoms with Crippen LogP contribution in [0.25, 0.3) is 0 Å². The third-order valence-electron chi connectivity index (χ3n) is 2.21. The fourth-order valence-electron chi connectivity index (χ4n) is 1.44. The van der Waals surface area contributed by atoms with E-state index in [0.29, 0.717) is 16.6 Å². The smallest absolute Gasteiger partial charge is 0.225 e. The predicted octanol–water partition coefficient (Wildman–Crippen LogP) is 1.58. The maximum Gasteiger partial charge on any atom is 0.225 e. The minimum atomic E-state index is 0.0777. The second kappa shape index (κ2) is 5.05. The lowest BCUT2D eigenvalue weighted by atomic mass is 10.2. The average molecular weight is 266 g/mol. The van der Waals surface area contributed by atoms with Gasteiger partial charge < -0.3 is 16.2 Å². The molecule has 4 N–H and O–H groups in total. The summed E-state index contributed by atoms with van der Waals surface area (Å²) in [6.45, 7) is 2.07. The van der Waals surface area contributed by atoms with Gasteiger partial charge in [0.25, 0.3) is 0 Å². The predicted molar refractivity (Wildman–Crippen MR) is 69.2 cm³/mol. The molecule has 0 amide bonds. The number of halogens is 1. The number of nitrogens with two attached hydrogens (primary N) is 2. The molecule has 0 aliphatic heterocycles. The van der Waals surface area contributed by atoms with E-state index < -0.39 is 0 Å². The Labute approximate surface area is 109 Å². The van der Waals surface area contributed by atoms with Crippen LogP contribution in [0.5, 0.6) is 5.75 Å². The second-order valence-electron chi connectivity index (χ2n) is 3.67. The van der Waals surface area contributed by atoms with Crippen LogP contribution >= 0.6 is 11.6 Å². The molecule has 0 bridgehead atoms. The van der Waals surface area contributed by atoms with Gasteiger partial charge in [0.15, 0.2) is 5.82 Å². The first-order valence-electron chi connectivity index (χ1n) is 5.19. The van der Waals surface area contributed by atoms with Crippen LogP contribution in [-0.2, 0) is 6.61 Å². The average Bonchev–Trinajstić information content (AvgIpc) is 2.26. The molecule has 0 fully saturated rings. The number of rotatable bonds is 3. The van der Waals surface area contributed by atoms with Gasteiger partial charge in [-0.25, -0.2) is 0 Å². The molecule has 94 valence electrons. The zero-order chi connectivity index (χ0) is 13.1. The Bertz CT molecular complexity index is 555. The summed E-state index contributed by atoms with van der Waals surface area (Å²) in [5.74, 6) is 1.24. The number of aromatic nitrogens is 3. The van der Waals surface area contributed by atoms with Gasteiger partial charge in [0.1, 0.15) is 12.4 Å². The van der Waals surface area contributed by atoms with Crippen LogP contribution in [0.3, 0.4) is 0 Å². The third-order valence-corrected chi connectivity index (χ3v) is 2.45. The molecule has 0 atom stereocenters. The molecule has 0 radical (unpaired) electrons. The molecular weight excluding hydrogens is 254 g/mol. The largest absolute Gasteiger partial charge is 0.485 e. The van der Waals surface area contributed by atoms with E-state index in [-0.39, 0.29) is 18.5 Å². The fraction of sp³-hybridized carbons (Fsp3) is 0.182. The molecule has 2 rings (SSSR count). The molecule has 6 nitrogen and oxygen atoms in total. The van der Waals surface area contributed by atoms with Crippen molar-refractivity contribution in [1.29, 1.82) is 0 Å². The Morgan fingerprint density at radius 2 is 1.83 bits per heavy atom. The van der Waals surface area contributed by atoms with E-state index in [0.717, 1.165) is 5.56 Å². The van der Waals surface area contributed by atoms with E-state index in [9.17, 15) is 0 Å². The molecule has 0 spiro atoms. The van der Waals surface area contributed by atoms with Crippen molar-refractivity contribution in [3.05, 3.63) is 34.6 Å². The zero-order valence-electron chi connectivity index (χ0n) is 9.72. The Hall–Kier alpha value is -2.08. The number of hydrogen-bond donors (Lipinski definition) is 2. The minimum absolute atomic E-state index is 0.0777. The van der Waals surface area contributed by atoms with Crippen LogP contribution < -0.4 is 16.2 Å². The SMILES string of the molecule is Cc1cc(Cl)ccc1OCc1nc(N)nc(N)n1. The Morgan fingerprint density at radius 3 is 2.44 bits per heavy atom. The molecule has 0 aliphatic rings. The van der Waals surface area contributed by atoms with E-state index in [4.69, 9.17) is 27.8 Å². The van der Waals surface area contributed by atoms with Crippen molar-refractivity contribution in [3.63, 3.8) is 0 Å². The summed E-state index contributed by atoms with van der Waals surface area (Å²) in [5, 5.41) is 0.661. The van der Waals surface area contributed by atoms with Crippen molar-refractivity contribution in [3.8, 4) is 5.75 Å². The van der Waals surface area contributed by atoms with E-state index in [1.807, 2.05) is 13.0 Å². The maximum absolute atomic E-state index is 5.85. The third kappa shape index (κ3) is 2.98. The Morgan fingerprint density at radius 1 is 1.17 bits per heavy atom. The summed E-state index contributed by atoms with van der Waals surface area (Å²) in [6, 6.07) is 5.35. The van der Waals surface area contributed by atoms with Crippen molar-refractivity contribution >= 4 is 23.5 Å². The molecule has 1 heterocycles. The Balaban J connectivity index is 2.11. The van der Waals surface area contributed by atoms with Gasteiger partial charge in [-0.15, -0.1) is 0 Å². The first kappa shape index (κ1) is 12.4. The van der Waals surface area contributed by atoms with Crippen LogP contribution in [-0.4, -0.2) is 15.0 Å². The highest BCUT2D eigenvalue weighted by molar-refractivity contribution is 6.30. The van der Waals surface area contributed by atoms with Crippen LogP contribution in [0.15, 0.2) is 18.2 Å². The van der Waals surface area contributed by atoms with Crippen molar-refractivity contribution in [2.24, 2.45) is 0 Å². The number of ether oxygens (including phenoxy) is 1. The quantitative estimate of drug-likeness (QED) is 0.874. The van der Waals surface area contributed by atoms with E-state index in [1.165, 1.54) is 0 Å². The fourth-order valence-corrected chi connectivity index (χ4v) is 1.67. The van der Waals surface area contributed by atoms with Crippen LogP contribution in [0.1, 0.15) is 11.4 Å². The molecule has 1 aromatic carbocycles. The summed E-state index contributed by atoms with van der Waals surface area (Å²) >= 11 is 5.85. The van der Waals surface area contributed by atoms with Crippen LogP contribution in [0.2, 0.25) is 5.02 Å². The van der Waals surface area contributed by atoms with Gasteiger partial charge in [-0.2, -0.15) is 15.0 Å². The lowest BCUT2D eigenvalue weighted by molar-refractivity contribution is 0.294. The van der Waals surface area contributed by atoms with Gasteiger partial charge in [0.05, 0.1) is 0 Å². The number of anilines is 2. The van der Waals surface area contributed by atoms with Gasteiger partial charge in [-0.1, -0.05) is 11.6 Å². The topological polar surface area (TPSA) is 99.9 Å². The van der Waals surface area contributed by atoms with Gasteiger partial charge >= 0.3 is 0 Å². The molecule has 7 heteroatoms. The summed E-state index contributed by atoms with van der Waals surface area (Å²) in [5.41, 5.74) is 11.9. The van der Waals surface area contributed by atoms with Gasteiger partial charge in [0, 0.05) is 5.02 Å². The summed E-state index contributed by atoms with van der Waals surface area (Å²) < 4.78 is 5.57. The summed E-state index contributed by atoms with van der Waals surface area (Å²) in [6.07, 6.45) is 0. The lowest BCUT2D eigenvalue weighted by Gasteiger charge is -2.08. The number of hydrogen-bond acceptors (Lipinski definition) is 6. The van der Waals surface area contributed by atoms with Crippen LogP contribution in [0.4, 0.5) is 11.9 Å². The van der Waals surface area contributed by atoms with Gasteiger partial charge in [-0.05, 0) is 30.7 Å². The number of nitrogens with zero attached hydrogens (tertiary/aromatic N) is 3. The normalized spacial score (nSPS) is 10.3. The molecule has 18 heavy (non-hydrogen) atoms. The van der Waals surface area contributed by atoms with Crippen LogP contribution in [0, 0.1) is 6.92 Å². The van der Waals surface area contributed by atoms with Crippen molar-refractivity contribution in [2.75, 3.05) is 11.5 Å². The molecule has 0 saturated carbocycles. The van der Waals surface area contributed by atoms with Crippen molar-refractivity contribution in [1.82, 2.24) is 15.0 Å². The lowest BCUT2D eigenvalue weighted by Crippen LogP contribution is -2.09. The summed E-state index contributed by atoms with van der Waals surface area (Å²) in [4.78, 5) is 11.5. The maximum atomic E-state index is 5.85. The van der Waals surface area contributed by atoms with E-state index in [2.05, 4.69) is 15.0 Å². The highest BCUT2D eigenvalue weighted by Gasteiger charge is 2.05. The van der Waals surface area contributed by atoms with E-state index in [1.54, 1.807) is 12.1 Å².